The second kappa shape index (κ2) is 3.70. The SMILES string of the molecule is Cc1noc(C)c1-c1nc2ccc(C#N)cc2[nH]1. The standard InChI is InChI=1S/C13H10N4O/c1-7-12(8(2)18-17-7)13-15-10-4-3-9(6-14)5-11(10)16-13/h3-5H,1-2H3,(H,15,16). The van der Waals surface area contributed by atoms with Crippen molar-refractivity contribution in [2.75, 3.05) is 0 Å². The predicted octanol–water partition coefficient (Wildman–Crippen LogP) is 2.71. The molecule has 0 fully saturated rings. The van der Waals surface area contributed by atoms with Crippen LogP contribution >= 0.6 is 0 Å². The van der Waals surface area contributed by atoms with E-state index in [0.717, 1.165) is 33.9 Å². The maximum absolute atomic E-state index is 8.87. The number of aromatic amines is 1. The molecule has 3 aromatic rings. The number of aromatic nitrogens is 3. The van der Waals surface area contributed by atoms with Crippen molar-refractivity contribution in [1.29, 1.82) is 5.26 Å². The minimum Gasteiger partial charge on any atom is -0.361 e. The molecule has 0 aliphatic carbocycles. The van der Waals surface area contributed by atoms with Gasteiger partial charge in [-0.3, -0.25) is 0 Å². The molecule has 1 aromatic carbocycles. The van der Waals surface area contributed by atoms with Gasteiger partial charge in [0.15, 0.2) is 0 Å². The molecule has 0 spiro atoms. The van der Waals surface area contributed by atoms with Crippen molar-refractivity contribution in [2.24, 2.45) is 0 Å². The van der Waals surface area contributed by atoms with Gasteiger partial charge in [-0.05, 0) is 32.0 Å². The van der Waals surface area contributed by atoms with Crippen LogP contribution in [0.15, 0.2) is 22.7 Å². The lowest BCUT2D eigenvalue weighted by molar-refractivity contribution is 0.393. The Kier molecular flexibility index (Phi) is 2.17. The van der Waals surface area contributed by atoms with Crippen LogP contribution in [0.2, 0.25) is 0 Å². The van der Waals surface area contributed by atoms with Crippen LogP contribution in [0.3, 0.4) is 0 Å². The van der Waals surface area contributed by atoms with E-state index in [1.165, 1.54) is 0 Å². The predicted molar refractivity (Wildman–Crippen MR) is 65.8 cm³/mol. The Labute approximate surface area is 103 Å². The molecule has 2 aromatic heterocycles. The van der Waals surface area contributed by atoms with Crippen LogP contribution in [-0.4, -0.2) is 15.1 Å². The summed E-state index contributed by atoms with van der Waals surface area (Å²) in [4.78, 5) is 7.68. The van der Waals surface area contributed by atoms with Crippen molar-refractivity contribution in [3.05, 3.63) is 35.2 Å². The monoisotopic (exact) mass is 238 g/mol. The van der Waals surface area contributed by atoms with Crippen molar-refractivity contribution in [2.45, 2.75) is 13.8 Å². The number of fused-ring (bicyclic) bond motifs is 1. The summed E-state index contributed by atoms with van der Waals surface area (Å²) in [6, 6.07) is 7.46. The van der Waals surface area contributed by atoms with Crippen LogP contribution in [0.25, 0.3) is 22.4 Å². The Morgan fingerprint density at radius 3 is 2.83 bits per heavy atom. The lowest BCUT2D eigenvalue weighted by atomic mass is 10.2. The van der Waals surface area contributed by atoms with Crippen molar-refractivity contribution in [3.8, 4) is 17.5 Å². The normalized spacial score (nSPS) is 10.7. The van der Waals surface area contributed by atoms with Crippen molar-refractivity contribution in [1.82, 2.24) is 15.1 Å². The van der Waals surface area contributed by atoms with Gasteiger partial charge in [0.1, 0.15) is 11.6 Å². The smallest absolute Gasteiger partial charge is 0.144 e. The Morgan fingerprint density at radius 2 is 2.17 bits per heavy atom. The zero-order valence-corrected chi connectivity index (χ0v) is 9.98. The zero-order chi connectivity index (χ0) is 12.7. The highest BCUT2D eigenvalue weighted by Gasteiger charge is 2.15. The molecule has 0 bridgehead atoms. The second-order valence-corrected chi connectivity index (χ2v) is 4.13. The number of hydrogen-bond acceptors (Lipinski definition) is 4. The Morgan fingerprint density at radius 1 is 1.33 bits per heavy atom. The molecule has 0 aliphatic rings. The number of imidazole rings is 1. The van der Waals surface area contributed by atoms with Crippen molar-refractivity contribution < 1.29 is 4.52 Å². The molecule has 0 radical (unpaired) electrons. The molecular weight excluding hydrogens is 228 g/mol. The van der Waals surface area contributed by atoms with E-state index < -0.39 is 0 Å². The summed E-state index contributed by atoms with van der Waals surface area (Å²) in [5, 5.41) is 12.8. The topological polar surface area (TPSA) is 78.5 Å². The van der Waals surface area contributed by atoms with Crippen molar-refractivity contribution in [3.63, 3.8) is 0 Å². The molecule has 1 N–H and O–H groups in total. The quantitative estimate of drug-likeness (QED) is 0.706. The molecule has 0 aliphatic heterocycles. The Hall–Kier alpha value is -2.61. The van der Waals surface area contributed by atoms with E-state index in [2.05, 4.69) is 21.2 Å². The van der Waals surface area contributed by atoms with Crippen LogP contribution in [0, 0.1) is 25.2 Å². The van der Waals surface area contributed by atoms with E-state index in [4.69, 9.17) is 9.78 Å². The van der Waals surface area contributed by atoms with E-state index in [1.54, 1.807) is 12.1 Å². The first-order chi connectivity index (χ1) is 8.69. The van der Waals surface area contributed by atoms with Gasteiger partial charge in [-0.25, -0.2) is 4.98 Å². The number of benzene rings is 1. The number of rotatable bonds is 1. The van der Waals surface area contributed by atoms with E-state index in [-0.39, 0.29) is 0 Å². The number of nitrogens with zero attached hydrogens (tertiary/aromatic N) is 3. The third-order valence-electron chi connectivity index (χ3n) is 2.88. The molecule has 3 rings (SSSR count). The maximum Gasteiger partial charge on any atom is 0.144 e. The van der Waals surface area contributed by atoms with Gasteiger partial charge in [-0.1, -0.05) is 5.16 Å². The number of nitrogens with one attached hydrogen (secondary N) is 1. The first-order valence-electron chi connectivity index (χ1n) is 5.52. The second-order valence-electron chi connectivity index (χ2n) is 4.13. The van der Waals surface area contributed by atoms with Crippen LogP contribution in [-0.2, 0) is 0 Å². The molecule has 0 atom stereocenters. The van der Waals surface area contributed by atoms with Gasteiger partial charge in [0.05, 0.1) is 33.9 Å². The third-order valence-corrected chi connectivity index (χ3v) is 2.88. The largest absolute Gasteiger partial charge is 0.361 e. The zero-order valence-electron chi connectivity index (χ0n) is 9.98. The fraction of sp³-hybridized carbons (Fsp3) is 0.154. The molecule has 5 heteroatoms. The van der Waals surface area contributed by atoms with Crippen LogP contribution in [0.4, 0.5) is 0 Å². The number of H-pyrrole nitrogens is 1. The first kappa shape index (κ1) is 10.5. The molecule has 0 saturated heterocycles. The number of hydrogen-bond donors (Lipinski definition) is 1. The summed E-state index contributed by atoms with van der Waals surface area (Å²) < 4.78 is 5.13. The lowest BCUT2D eigenvalue weighted by Gasteiger charge is -1.92. The highest BCUT2D eigenvalue weighted by Crippen LogP contribution is 2.26. The molecule has 2 heterocycles. The average molecular weight is 238 g/mol. The molecule has 88 valence electrons. The van der Waals surface area contributed by atoms with E-state index in [9.17, 15) is 0 Å². The summed E-state index contributed by atoms with van der Waals surface area (Å²) in [6.07, 6.45) is 0. The fourth-order valence-corrected chi connectivity index (χ4v) is 2.02. The molecule has 0 saturated carbocycles. The number of nitriles is 1. The molecule has 5 nitrogen and oxygen atoms in total. The third kappa shape index (κ3) is 1.47. The summed E-state index contributed by atoms with van der Waals surface area (Å²) in [7, 11) is 0. The molecular formula is C13H10N4O. The molecule has 0 unspecified atom stereocenters. The summed E-state index contributed by atoms with van der Waals surface area (Å²) in [5.74, 6) is 1.45. The summed E-state index contributed by atoms with van der Waals surface area (Å²) in [6.45, 7) is 3.73. The fourth-order valence-electron chi connectivity index (χ4n) is 2.02. The van der Waals surface area contributed by atoms with Gasteiger partial charge >= 0.3 is 0 Å². The van der Waals surface area contributed by atoms with Crippen molar-refractivity contribution >= 4 is 11.0 Å². The van der Waals surface area contributed by atoms with Gasteiger partial charge in [0.25, 0.3) is 0 Å². The minimum absolute atomic E-state index is 0.608. The Balaban J connectivity index is 2.23. The lowest BCUT2D eigenvalue weighted by Crippen LogP contribution is -1.83. The minimum atomic E-state index is 0.608. The number of aryl methyl sites for hydroxylation is 2. The van der Waals surface area contributed by atoms with E-state index in [0.29, 0.717) is 5.56 Å². The van der Waals surface area contributed by atoms with Crippen LogP contribution in [0.1, 0.15) is 17.0 Å². The van der Waals surface area contributed by atoms with E-state index in [1.807, 2.05) is 19.9 Å². The maximum atomic E-state index is 8.87. The highest BCUT2D eigenvalue weighted by molar-refractivity contribution is 5.81. The molecule has 0 amide bonds. The average Bonchev–Trinajstić information content (AvgIpc) is 2.91. The summed E-state index contributed by atoms with van der Waals surface area (Å²) in [5.41, 5.74) is 3.95. The Bertz CT molecular complexity index is 756. The van der Waals surface area contributed by atoms with Gasteiger partial charge in [-0.2, -0.15) is 5.26 Å². The first-order valence-corrected chi connectivity index (χ1v) is 5.52. The molecule has 18 heavy (non-hydrogen) atoms. The van der Waals surface area contributed by atoms with E-state index >= 15 is 0 Å². The van der Waals surface area contributed by atoms with Gasteiger partial charge in [0, 0.05) is 0 Å². The summed E-state index contributed by atoms with van der Waals surface area (Å²) >= 11 is 0. The van der Waals surface area contributed by atoms with Gasteiger partial charge < -0.3 is 9.51 Å². The van der Waals surface area contributed by atoms with Crippen LogP contribution < -0.4 is 0 Å². The van der Waals surface area contributed by atoms with Crippen LogP contribution in [0.5, 0.6) is 0 Å². The van der Waals surface area contributed by atoms with Gasteiger partial charge in [-0.15, -0.1) is 0 Å². The van der Waals surface area contributed by atoms with Gasteiger partial charge in [0.2, 0.25) is 0 Å². The highest BCUT2D eigenvalue weighted by atomic mass is 16.5.